The number of hydrogen-bond donors (Lipinski definition) is 2. The molecule has 0 fully saturated rings. The van der Waals surface area contributed by atoms with Crippen molar-refractivity contribution in [2.24, 2.45) is 0 Å². The number of halogens is 1. The zero-order valence-corrected chi connectivity index (χ0v) is 16.1. The molecule has 1 aliphatic heterocycles. The van der Waals surface area contributed by atoms with Crippen LogP contribution >= 0.6 is 23.8 Å². The molecular formula is C19H21ClN2O3S. The summed E-state index contributed by atoms with van der Waals surface area (Å²) in [6.45, 7) is 2.42. The Balaban J connectivity index is 1.52. The van der Waals surface area contributed by atoms with Crippen molar-refractivity contribution < 1.29 is 14.2 Å². The van der Waals surface area contributed by atoms with E-state index in [2.05, 4.69) is 10.6 Å². The maximum atomic E-state index is 6.31. The van der Waals surface area contributed by atoms with Crippen molar-refractivity contribution in [3.63, 3.8) is 0 Å². The summed E-state index contributed by atoms with van der Waals surface area (Å²) in [4.78, 5) is 0. The molecular weight excluding hydrogens is 372 g/mol. The third-order valence-corrected chi connectivity index (χ3v) is 4.50. The fraction of sp³-hybridized carbons (Fsp3) is 0.316. The molecule has 0 aliphatic carbocycles. The first-order chi connectivity index (χ1) is 12.7. The van der Waals surface area contributed by atoms with E-state index in [1.54, 1.807) is 7.11 Å². The molecule has 0 spiro atoms. The van der Waals surface area contributed by atoms with Crippen LogP contribution in [0.4, 0.5) is 0 Å². The summed E-state index contributed by atoms with van der Waals surface area (Å²) in [5.74, 6) is 2.14. The first-order valence-electron chi connectivity index (χ1n) is 8.38. The summed E-state index contributed by atoms with van der Waals surface area (Å²) in [6, 6.07) is 11.6. The van der Waals surface area contributed by atoms with Gasteiger partial charge in [-0.05, 0) is 47.6 Å². The maximum absolute atomic E-state index is 6.31. The molecule has 0 amide bonds. The topological polar surface area (TPSA) is 51.8 Å². The largest absolute Gasteiger partial charge is 0.497 e. The Hall–Kier alpha value is -2.18. The van der Waals surface area contributed by atoms with Crippen LogP contribution in [0.5, 0.6) is 17.2 Å². The van der Waals surface area contributed by atoms with Gasteiger partial charge >= 0.3 is 0 Å². The number of ether oxygens (including phenoxy) is 3. The van der Waals surface area contributed by atoms with Crippen molar-refractivity contribution in [2.75, 3.05) is 20.3 Å². The Bertz CT molecular complexity index is 768. The van der Waals surface area contributed by atoms with Gasteiger partial charge < -0.3 is 24.8 Å². The van der Waals surface area contributed by atoms with E-state index < -0.39 is 0 Å². The van der Waals surface area contributed by atoms with E-state index >= 15 is 0 Å². The molecule has 0 unspecified atom stereocenters. The SMILES string of the molecule is COc1ccc(CNC(=S)NCc2cc(Cl)c3c(c2)OCCCO3)cc1. The van der Waals surface area contributed by atoms with Crippen molar-refractivity contribution in [3.8, 4) is 17.2 Å². The lowest BCUT2D eigenvalue weighted by Gasteiger charge is -2.14. The van der Waals surface area contributed by atoms with Crippen LogP contribution in [-0.4, -0.2) is 25.4 Å². The van der Waals surface area contributed by atoms with Crippen LogP contribution in [0.3, 0.4) is 0 Å². The molecule has 0 aromatic heterocycles. The molecule has 1 heterocycles. The zero-order chi connectivity index (χ0) is 18.4. The number of nitrogens with one attached hydrogen (secondary N) is 2. The van der Waals surface area contributed by atoms with Gasteiger partial charge in [0.1, 0.15) is 5.75 Å². The molecule has 1 aliphatic rings. The number of fused-ring (bicyclic) bond motifs is 1. The Labute approximate surface area is 163 Å². The predicted octanol–water partition coefficient (Wildman–Crippen LogP) is 3.67. The lowest BCUT2D eigenvalue weighted by Crippen LogP contribution is -2.34. The average Bonchev–Trinajstić information content (AvgIpc) is 2.91. The van der Waals surface area contributed by atoms with Crippen LogP contribution in [0.25, 0.3) is 0 Å². The molecule has 0 radical (unpaired) electrons. The van der Waals surface area contributed by atoms with Crippen molar-refractivity contribution in [2.45, 2.75) is 19.5 Å². The van der Waals surface area contributed by atoms with Gasteiger partial charge in [-0.15, -0.1) is 0 Å². The van der Waals surface area contributed by atoms with E-state index in [9.17, 15) is 0 Å². The minimum Gasteiger partial charge on any atom is -0.497 e. The number of benzene rings is 2. The summed E-state index contributed by atoms with van der Waals surface area (Å²) in [5.41, 5.74) is 2.10. The smallest absolute Gasteiger partial charge is 0.179 e. The highest BCUT2D eigenvalue weighted by atomic mass is 35.5. The van der Waals surface area contributed by atoms with Crippen LogP contribution in [0.2, 0.25) is 5.02 Å². The fourth-order valence-corrected chi connectivity index (χ4v) is 2.99. The third-order valence-electron chi connectivity index (χ3n) is 3.93. The molecule has 7 heteroatoms. The van der Waals surface area contributed by atoms with Crippen molar-refractivity contribution in [3.05, 3.63) is 52.5 Å². The van der Waals surface area contributed by atoms with Gasteiger partial charge in [0, 0.05) is 19.5 Å². The summed E-state index contributed by atoms with van der Waals surface area (Å²) in [6.07, 6.45) is 0.845. The Kier molecular flexibility index (Phi) is 6.41. The summed E-state index contributed by atoms with van der Waals surface area (Å²) in [7, 11) is 1.65. The van der Waals surface area contributed by atoms with Crippen LogP contribution in [0.15, 0.2) is 36.4 Å². The van der Waals surface area contributed by atoms with E-state index in [-0.39, 0.29) is 0 Å². The maximum Gasteiger partial charge on any atom is 0.179 e. The van der Waals surface area contributed by atoms with E-state index in [4.69, 9.17) is 38.0 Å². The molecule has 2 N–H and O–H groups in total. The quantitative estimate of drug-likeness (QED) is 0.757. The predicted molar refractivity (Wildman–Crippen MR) is 106 cm³/mol. The number of thiocarbonyl (C=S) groups is 1. The zero-order valence-electron chi connectivity index (χ0n) is 14.5. The minimum atomic E-state index is 0.546. The molecule has 0 atom stereocenters. The Morgan fingerprint density at radius 3 is 2.50 bits per heavy atom. The second-order valence-electron chi connectivity index (χ2n) is 5.84. The number of rotatable bonds is 5. The molecule has 0 saturated carbocycles. The lowest BCUT2D eigenvalue weighted by atomic mass is 10.2. The van der Waals surface area contributed by atoms with Gasteiger partial charge in [-0.25, -0.2) is 0 Å². The second kappa shape index (κ2) is 8.96. The van der Waals surface area contributed by atoms with Crippen molar-refractivity contribution in [1.29, 1.82) is 0 Å². The summed E-state index contributed by atoms with van der Waals surface area (Å²) >= 11 is 11.7. The van der Waals surface area contributed by atoms with Crippen LogP contribution < -0.4 is 24.8 Å². The van der Waals surface area contributed by atoms with E-state index in [1.807, 2.05) is 36.4 Å². The van der Waals surface area contributed by atoms with Crippen LogP contribution in [0, 0.1) is 0 Å². The average molecular weight is 393 g/mol. The molecule has 5 nitrogen and oxygen atoms in total. The van der Waals surface area contributed by atoms with Gasteiger partial charge in [-0.2, -0.15) is 0 Å². The van der Waals surface area contributed by atoms with Gasteiger partial charge in [-0.1, -0.05) is 23.7 Å². The van der Waals surface area contributed by atoms with Crippen LogP contribution in [-0.2, 0) is 13.1 Å². The molecule has 138 valence electrons. The molecule has 3 rings (SSSR count). The molecule has 26 heavy (non-hydrogen) atoms. The summed E-state index contributed by atoms with van der Waals surface area (Å²) < 4.78 is 16.5. The van der Waals surface area contributed by atoms with Gasteiger partial charge in [0.15, 0.2) is 16.6 Å². The van der Waals surface area contributed by atoms with E-state index in [0.717, 1.165) is 23.3 Å². The van der Waals surface area contributed by atoms with Crippen molar-refractivity contribution >= 4 is 28.9 Å². The summed E-state index contributed by atoms with van der Waals surface area (Å²) in [5, 5.41) is 7.49. The Morgan fingerprint density at radius 1 is 1.08 bits per heavy atom. The molecule has 0 bridgehead atoms. The molecule has 2 aromatic carbocycles. The number of hydrogen-bond acceptors (Lipinski definition) is 4. The first-order valence-corrected chi connectivity index (χ1v) is 9.17. The lowest BCUT2D eigenvalue weighted by molar-refractivity contribution is 0.297. The van der Waals surface area contributed by atoms with Gasteiger partial charge in [-0.3, -0.25) is 0 Å². The fourth-order valence-electron chi connectivity index (χ4n) is 2.56. The van der Waals surface area contributed by atoms with Gasteiger partial charge in [0.25, 0.3) is 0 Å². The van der Waals surface area contributed by atoms with Gasteiger partial charge in [0.2, 0.25) is 0 Å². The standard InChI is InChI=1S/C19H21ClN2O3S/c1-23-15-5-3-13(4-6-15)11-21-19(26)22-12-14-9-16(20)18-17(10-14)24-7-2-8-25-18/h3-6,9-10H,2,7-8,11-12H2,1H3,(H2,21,22,26). The normalized spacial score (nSPS) is 12.8. The van der Waals surface area contributed by atoms with Gasteiger partial charge in [0.05, 0.1) is 25.3 Å². The highest BCUT2D eigenvalue weighted by Gasteiger charge is 2.15. The van der Waals surface area contributed by atoms with Crippen molar-refractivity contribution in [1.82, 2.24) is 10.6 Å². The highest BCUT2D eigenvalue weighted by molar-refractivity contribution is 7.80. The van der Waals surface area contributed by atoms with E-state index in [0.29, 0.717) is 47.9 Å². The third kappa shape index (κ3) is 4.93. The first kappa shape index (κ1) is 18.6. The second-order valence-corrected chi connectivity index (χ2v) is 6.66. The van der Waals surface area contributed by atoms with E-state index in [1.165, 1.54) is 0 Å². The highest BCUT2D eigenvalue weighted by Crippen LogP contribution is 2.37. The Morgan fingerprint density at radius 2 is 1.77 bits per heavy atom. The number of methoxy groups -OCH3 is 1. The molecule has 0 saturated heterocycles. The minimum absolute atomic E-state index is 0.546. The molecule has 2 aromatic rings. The van der Waals surface area contributed by atoms with Crippen LogP contribution in [0.1, 0.15) is 17.5 Å². The monoisotopic (exact) mass is 392 g/mol.